The third kappa shape index (κ3) is 5.47. The van der Waals surface area contributed by atoms with Crippen molar-refractivity contribution in [1.82, 2.24) is 0 Å². The standard InChI is InChI=1S/C20H23F5O5/c1-3-20(2,10-29-11-7-5-4-6-8-11)19(27)28-9-12(26)30-18-16(24)14(22)13(21)15(23)17(18)25/h11H,3-10H2,1-2H3. The molecule has 1 atom stereocenters. The molecule has 0 spiro atoms. The summed E-state index contributed by atoms with van der Waals surface area (Å²) in [6, 6.07) is 0. The lowest BCUT2D eigenvalue weighted by Crippen LogP contribution is -2.37. The molecule has 0 N–H and O–H groups in total. The Morgan fingerprint density at radius 3 is 2.00 bits per heavy atom. The molecule has 168 valence electrons. The van der Waals surface area contributed by atoms with Gasteiger partial charge in [0.05, 0.1) is 18.1 Å². The second kappa shape index (κ2) is 10.2. The van der Waals surface area contributed by atoms with E-state index in [-0.39, 0.29) is 12.7 Å². The van der Waals surface area contributed by atoms with Crippen molar-refractivity contribution in [3.05, 3.63) is 29.1 Å². The zero-order valence-corrected chi connectivity index (χ0v) is 16.7. The molecule has 1 aliphatic rings. The lowest BCUT2D eigenvalue weighted by molar-refractivity contribution is -0.166. The first-order valence-corrected chi connectivity index (χ1v) is 9.61. The largest absolute Gasteiger partial charge is 0.453 e. The monoisotopic (exact) mass is 438 g/mol. The van der Waals surface area contributed by atoms with Gasteiger partial charge < -0.3 is 14.2 Å². The average molecular weight is 438 g/mol. The Hall–Kier alpha value is -2.23. The van der Waals surface area contributed by atoms with E-state index in [2.05, 4.69) is 4.74 Å². The summed E-state index contributed by atoms with van der Waals surface area (Å²) in [5, 5.41) is 0. The summed E-state index contributed by atoms with van der Waals surface area (Å²) in [4.78, 5) is 24.1. The van der Waals surface area contributed by atoms with Gasteiger partial charge in [-0.25, -0.2) is 18.0 Å². The first-order chi connectivity index (χ1) is 14.1. The minimum Gasteiger partial charge on any atom is -0.453 e. The highest BCUT2D eigenvalue weighted by atomic mass is 19.2. The molecule has 1 aromatic carbocycles. The molecule has 1 saturated carbocycles. The Balaban J connectivity index is 1.95. The van der Waals surface area contributed by atoms with Crippen molar-refractivity contribution in [3.63, 3.8) is 0 Å². The van der Waals surface area contributed by atoms with Crippen molar-refractivity contribution >= 4 is 11.9 Å². The quantitative estimate of drug-likeness (QED) is 0.195. The molecule has 0 bridgehead atoms. The van der Waals surface area contributed by atoms with Gasteiger partial charge in [0.2, 0.25) is 34.8 Å². The lowest BCUT2D eigenvalue weighted by atomic mass is 9.88. The fourth-order valence-corrected chi connectivity index (χ4v) is 2.96. The number of benzene rings is 1. The van der Waals surface area contributed by atoms with Crippen LogP contribution >= 0.6 is 0 Å². The SMILES string of the molecule is CCC(C)(COC1CCCCC1)C(=O)OCC(=O)Oc1c(F)c(F)c(F)c(F)c1F. The molecule has 0 saturated heterocycles. The highest BCUT2D eigenvalue weighted by molar-refractivity contribution is 5.81. The second-order valence-corrected chi connectivity index (χ2v) is 7.43. The zero-order chi connectivity index (χ0) is 22.5. The highest BCUT2D eigenvalue weighted by Crippen LogP contribution is 2.30. The predicted molar refractivity (Wildman–Crippen MR) is 94.0 cm³/mol. The van der Waals surface area contributed by atoms with Crippen molar-refractivity contribution in [1.29, 1.82) is 0 Å². The van der Waals surface area contributed by atoms with Crippen molar-refractivity contribution < 1.29 is 45.8 Å². The summed E-state index contributed by atoms with van der Waals surface area (Å²) in [6.45, 7) is 2.28. The summed E-state index contributed by atoms with van der Waals surface area (Å²) in [6.07, 6.45) is 5.37. The number of rotatable bonds is 8. The number of carbonyl (C=O) groups excluding carboxylic acids is 2. The summed E-state index contributed by atoms with van der Waals surface area (Å²) in [5.74, 6) is -15.6. The van der Waals surface area contributed by atoms with Crippen LogP contribution in [-0.2, 0) is 19.1 Å². The molecule has 0 heterocycles. The van der Waals surface area contributed by atoms with Crippen LogP contribution in [0.4, 0.5) is 22.0 Å². The maximum Gasteiger partial charge on any atom is 0.349 e. The first-order valence-electron chi connectivity index (χ1n) is 9.61. The fourth-order valence-electron chi connectivity index (χ4n) is 2.96. The Morgan fingerprint density at radius 2 is 1.47 bits per heavy atom. The smallest absolute Gasteiger partial charge is 0.349 e. The number of ether oxygens (including phenoxy) is 3. The molecule has 30 heavy (non-hydrogen) atoms. The van der Waals surface area contributed by atoms with Crippen LogP contribution in [0.1, 0.15) is 52.4 Å². The molecule has 0 aliphatic heterocycles. The van der Waals surface area contributed by atoms with Crippen LogP contribution < -0.4 is 4.74 Å². The Bertz CT molecular complexity index is 765. The minimum atomic E-state index is -2.38. The van der Waals surface area contributed by atoms with Crippen molar-refractivity contribution in [2.45, 2.75) is 58.5 Å². The van der Waals surface area contributed by atoms with E-state index in [1.165, 1.54) is 0 Å². The van der Waals surface area contributed by atoms with Crippen LogP contribution in [0.15, 0.2) is 0 Å². The van der Waals surface area contributed by atoms with Gasteiger partial charge in [-0.05, 0) is 26.2 Å². The van der Waals surface area contributed by atoms with Gasteiger partial charge >= 0.3 is 11.9 Å². The van der Waals surface area contributed by atoms with E-state index in [0.29, 0.717) is 6.42 Å². The number of halogens is 5. The van der Waals surface area contributed by atoms with Gasteiger partial charge in [0.25, 0.3) is 0 Å². The average Bonchev–Trinajstić information content (AvgIpc) is 2.76. The number of esters is 2. The van der Waals surface area contributed by atoms with Gasteiger partial charge in [0.1, 0.15) is 0 Å². The van der Waals surface area contributed by atoms with Gasteiger partial charge in [-0.2, -0.15) is 8.78 Å². The van der Waals surface area contributed by atoms with Crippen molar-refractivity contribution in [3.8, 4) is 5.75 Å². The van der Waals surface area contributed by atoms with Crippen LogP contribution in [0.25, 0.3) is 0 Å². The molecule has 5 nitrogen and oxygen atoms in total. The van der Waals surface area contributed by atoms with Crippen LogP contribution in [0.2, 0.25) is 0 Å². The molecular weight excluding hydrogens is 415 g/mol. The van der Waals surface area contributed by atoms with Crippen molar-refractivity contribution in [2.24, 2.45) is 5.41 Å². The van der Waals surface area contributed by atoms with Gasteiger partial charge in [0.15, 0.2) is 6.61 Å². The maximum absolute atomic E-state index is 13.6. The molecular formula is C20H23F5O5. The van der Waals surface area contributed by atoms with E-state index < -0.39 is 58.8 Å². The number of carbonyl (C=O) groups is 2. The van der Waals surface area contributed by atoms with E-state index in [0.717, 1.165) is 32.1 Å². The fraction of sp³-hybridized carbons (Fsp3) is 0.600. The topological polar surface area (TPSA) is 61.8 Å². The third-order valence-corrected chi connectivity index (χ3v) is 5.17. The maximum atomic E-state index is 13.6. The van der Waals surface area contributed by atoms with E-state index in [1.807, 2.05) is 0 Å². The molecule has 2 rings (SSSR count). The molecule has 1 unspecified atom stereocenters. The Labute approximate surface area is 170 Å². The molecule has 0 radical (unpaired) electrons. The zero-order valence-electron chi connectivity index (χ0n) is 16.7. The molecule has 0 amide bonds. The van der Waals surface area contributed by atoms with E-state index in [1.54, 1.807) is 13.8 Å². The molecule has 1 aliphatic carbocycles. The normalized spacial score (nSPS) is 16.8. The van der Waals surface area contributed by atoms with E-state index in [9.17, 15) is 31.5 Å². The van der Waals surface area contributed by atoms with Crippen molar-refractivity contribution in [2.75, 3.05) is 13.2 Å². The molecule has 10 heteroatoms. The van der Waals surface area contributed by atoms with Crippen LogP contribution in [-0.4, -0.2) is 31.3 Å². The van der Waals surface area contributed by atoms with Gasteiger partial charge in [-0.15, -0.1) is 0 Å². The number of hydrogen-bond donors (Lipinski definition) is 0. The summed E-state index contributed by atoms with van der Waals surface area (Å²) in [7, 11) is 0. The summed E-state index contributed by atoms with van der Waals surface area (Å²) >= 11 is 0. The van der Waals surface area contributed by atoms with Crippen LogP contribution in [0.5, 0.6) is 5.75 Å². The third-order valence-electron chi connectivity index (χ3n) is 5.17. The highest BCUT2D eigenvalue weighted by Gasteiger charge is 2.35. The van der Waals surface area contributed by atoms with Gasteiger partial charge in [-0.3, -0.25) is 4.79 Å². The van der Waals surface area contributed by atoms with Crippen LogP contribution in [0, 0.1) is 34.5 Å². The summed E-state index contributed by atoms with van der Waals surface area (Å²) in [5.41, 5.74) is -1.08. The first kappa shape index (κ1) is 24.0. The van der Waals surface area contributed by atoms with E-state index >= 15 is 0 Å². The van der Waals surface area contributed by atoms with Gasteiger partial charge in [-0.1, -0.05) is 26.2 Å². The minimum absolute atomic E-state index is 0.0385. The predicted octanol–water partition coefficient (Wildman–Crippen LogP) is 4.60. The number of hydrogen-bond acceptors (Lipinski definition) is 5. The van der Waals surface area contributed by atoms with E-state index in [4.69, 9.17) is 9.47 Å². The Kier molecular flexibility index (Phi) is 8.17. The summed E-state index contributed by atoms with van der Waals surface area (Å²) < 4.78 is 81.3. The van der Waals surface area contributed by atoms with Crippen LogP contribution in [0.3, 0.4) is 0 Å². The molecule has 1 fully saturated rings. The van der Waals surface area contributed by atoms with Gasteiger partial charge in [0, 0.05) is 0 Å². The lowest BCUT2D eigenvalue weighted by Gasteiger charge is -2.29. The molecule has 1 aromatic rings. The Morgan fingerprint density at radius 1 is 0.933 bits per heavy atom. The second-order valence-electron chi connectivity index (χ2n) is 7.43. The molecule has 0 aromatic heterocycles.